The largest absolute Gasteiger partial charge is 0.356 e. The van der Waals surface area contributed by atoms with Gasteiger partial charge in [0.25, 0.3) is 0 Å². The van der Waals surface area contributed by atoms with Crippen molar-refractivity contribution in [1.29, 1.82) is 0 Å². The van der Waals surface area contributed by atoms with Crippen LogP contribution in [0.15, 0.2) is 11.2 Å². The van der Waals surface area contributed by atoms with Gasteiger partial charge >= 0.3 is 0 Å². The number of nitrogens with zero attached hydrogens (tertiary/aromatic N) is 4. The van der Waals surface area contributed by atoms with Crippen LogP contribution in [0.2, 0.25) is 0 Å². The van der Waals surface area contributed by atoms with E-state index >= 15 is 0 Å². The molecular formula is C20H34N6OS. The van der Waals surface area contributed by atoms with Crippen molar-refractivity contribution in [3.63, 3.8) is 0 Å². The van der Waals surface area contributed by atoms with E-state index < -0.39 is 0 Å². The summed E-state index contributed by atoms with van der Waals surface area (Å²) in [6.45, 7) is 8.41. The Morgan fingerprint density at radius 2 is 1.93 bits per heavy atom. The van der Waals surface area contributed by atoms with E-state index in [0.29, 0.717) is 11.8 Å². The molecular weight excluding hydrogens is 372 g/mol. The number of guanidine groups is 1. The molecule has 0 atom stereocenters. The third-order valence-electron chi connectivity index (χ3n) is 5.63. The van der Waals surface area contributed by atoms with E-state index in [-0.39, 0.29) is 0 Å². The second kappa shape index (κ2) is 10.8. The lowest BCUT2D eigenvalue weighted by Gasteiger charge is -2.36. The molecule has 0 unspecified atom stereocenters. The van der Waals surface area contributed by atoms with Crippen LogP contribution in [0.4, 0.5) is 0 Å². The molecule has 0 bridgehead atoms. The van der Waals surface area contributed by atoms with Crippen LogP contribution in [-0.4, -0.2) is 79.5 Å². The van der Waals surface area contributed by atoms with Gasteiger partial charge in [0, 0.05) is 76.3 Å². The predicted octanol–water partition coefficient (Wildman–Crippen LogP) is 1.49. The highest BCUT2D eigenvalue weighted by molar-refractivity contribution is 7.11. The van der Waals surface area contributed by atoms with E-state index in [4.69, 9.17) is 0 Å². The van der Waals surface area contributed by atoms with Crippen LogP contribution in [0.5, 0.6) is 0 Å². The first kappa shape index (κ1) is 21.0. The molecule has 156 valence electrons. The number of hydrogen-bond donors (Lipinski definition) is 2. The van der Waals surface area contributed by atoms with Gasteiger partial charge in [-0.25, -0.2) is 4.98 Å². The highest BCUT2D eigenvalue weighted by Gasteiger charge is 2.29. The molecule has 1 saturated carbocycles. The molecule has 2 heterocycles. The van der Waals surface area contributed by atoms with Gasteiger partial charge in [0.1, 0.15) is 0 Å². The normalized spacial score (nSPS) is 19.2. The first-order chi connectivity index (χ1) is 13.7. The van der Waals surface area contributed by atoms with Crippen molar-refractivity contribution in [2.75, 3.05) is 52.9 Å². The first-order valence-corrected chi connectivity index (χ1v) is 11.3. The number of aromatic nitrogens is 1. The molecule has 8 heteroatoms. The highest BCUT2D eigenvalue weighted by Crippen LogP contribution is 2.26. The quantitative estimate of drug-likeness (QED) is 0.530. The average molecular weight is 407 g/mol. The zero-order valence-electron chi connectivity index (χ0n) is 17.2. The first-order valence-electron chi connectivity index (χ1n) is 10.5. The third-order valence-corrected chi connectivity index (χ3v) is 6.61. The lowest BCUT2D eigenvalue weighted by atomic mass is 10.1. The van der Waals surface area contributed by atoms with Crippen LogP contribution >= 0.6 is 11.3 Å². The number of hydrogen-bond acceptors (Lipinski definition) is 5. The van der Waals surface area contributed by atoms with Gasteiger partial charge < -0.3 is 15.5 Å². The molecule has 0 spiro atoms. The Bertz CT molecular complexity index is 647. The van der Waals surface area contributed by atoms with Gasteiger partial charge in [-0.05, 0) is 19.8 Å². The summed E-state index contributed by atoms with van der Waals surface area (Å²) in [7, 11) is 1.80. The Hall–Kier alpha value is -1.67. The smallest absolute Gasteiger partial charge is 0.225 e. The van der Waals surface area contributed by atoms with Gasteiger partial charge in [0.2, 0.25) is 5.91 Å². The van der Waals surface area contributed by atoms with Crippen LogP contribution in [0, 0.1) is 12.8 Å². The average Bonchev–Trinajstić information content (AvgIpc) is 3.39. The molecule has 0 aromatic carbocycles. The lowest BCUT2D eigenvalue weighted by molar-refractivity contribution is -0.137. The Morgan fingerprint density at radius 1 is 1.21 bits per heavy atom. The number of carbonyl (C=O) groups is 1. The standard InChI is InChI=1S/C20H34N6OS/c1-16-15-24-18(28-16)7-8-22-20(21-2)23-9-10-25-11-13-26(14-12-25)19(27)17-5-3-4-6-17/h15,17H,3-14H2,1-2H3,(H2,21,22,23). The number of amides is 1. The number of rotatable bonds is 7. The zero-order chi connectivity index (χ0) is 19.8. The summed E-state index contributed by atoms with van der Waals surface area (Å²) < 4.78 is 0. The molecule has 2 fully saturated rings. The molecule has 1 aliphatic heterocycles. The van der Waals surface area contributed by atoms with E-state index in [9.17, 15) is 4.79 Å². The maximum atomic E-state index is 12.5. The van der Waals surface area contributed by atoms with Crippen molar-refractivity contribution in [2.24, 2.45) is 10.9 Å². The van der Waals surface area contributed by atoms with Crippen LogP contribution in [0.1, 0.15) is 35.6 Å². The van der Waals surface area contributed by atoms with Gasteiger partial charge in [0.15, 0.2) is 5.96 Å². The molecule has 1 amide bonds. The molecule has 2 aliphatic rings. The maximum Gasteiger partial charge on any atom is 0.225 e. The van der Waals surface area contributed by atoms with Gasteiger partial charge in [-0.15, -0.1) is 11.3 Å². The second-order valence-corrected chi connectivity index (χ2v) is 9.01. The van der Waals surface area contributed by atoms with Crippen molar-refractivity contribution in [3.05, 3.63) is 16.1 Å². The van der Waals surface area contributed by atoms with Crippen molar-refractivity contribution < 1.29 is 4.79 Å². The van der Waals surface area contributed by atoms with Gasteiger partial charge in [0.05, 0.1) is 5.01 Å². The molecule has 28 heavy (non-hydrogen) atoms. The summed E-state index contributed by atoms with van der Waals surface area (Å²) in [5.41, 5.74) is 0. The minimum absolute atomic E-state index is 0.302. The lowest BCUT2D eigenvalue weighted by Crippen LogP contribution is -2.52. The Balaban J connectivity index is 1.28. The van der Waals surface area contributed by atoms with E-state index in [0.717, 1.165) is 76.0 Å². The monoisotopic (exact) mass is 406 g/mol. The fourth-order valence-electron chi connectivity index (χ4n) is 3.98. The molecule has 1 aromatic heterocycles. The number of aliphatic imine (C=N–C) groups is 1. The highest BCUT2D eigenvalue weighted by atomic mass is 32.1. The second-order valence-electron chi connectivity index (χ2n) is 7.69. The summed E-state index contributed by atoms with van der Waals surface area (Å²) in [6.07, 6.45) is 7.47. The van der Waals surface area contributed by atoms with E-state index in [2.05, 4.69) is 37.3 Å². The third kappa shape index (κ3) is 6.17. The van der Waals surface area contributed by atoms with Crippen LogP contribution < -0.4 is 10.6 Å². The Labute approximate surface area is 172 Å². The van der Waals surface area contributed by atoms with E-state index in [1.165, 1.54) is 17.7 Å². The minimum Gasteiger partial charge on any atom is -0.356 e. The van der Waals surface area contributed by atoms with Crippen LogP contribution in [-0.2, 0) is 11.2 Å². The maximum absolute atomic E-state index is 12.5. The molecule has 1 saturated heterocycles. The van der Waals surface area contributed by atoms with Crippen LogP contribution in [0.3, 0.4) is 0 Å². The summed E-state index contributed by atoms with van der Waals surface area (Å²) in [5, 5.41) is 7.90. The topological polar surface area (TPSA) is 72.9 Å². The minimum atomic E-state index is 0.302. The summed E-state index contributed by atoms with van der Waals surface area (Å²) in [4.78, 5) is 27.0. The Morgan fingerprint density at radius 3 is 2.57 bits per heavy atom. The van der Waals surface area contributed by atoms with Crippen molar-refractivity contribution in [2.45, 2.75) is 39.0 Å². The number of piperazine rings is 1. The molecule has 2 N–H and O–H groups in total. The van der Waals surface area contributed by atoms with Crippen molar-refractivity contribution in [3.8, 4) is 0 Å². The van der Waals surface area contributed by atoms with Gasteiger partial charge in [-0.2, -0.15) is 0 Å². The number of nitrogens with one attached hydrogen (secondary N) is 2. The number of carbonyl (C=O) groups excluding carboxylic acids is 1. The van der Waals surface area contributed by atoms with Gasteiger partial charge in [-0.3, -0.25) is 14.7 Å². The van der Waals surface area contributed by atoms with Crippen molar-refractivity contribution in [1.82, 2.24) is 25.4 Å². The molecule has 1 aromatic rings. The van der Waals surface area contributed by atoms with Crippen molar-refractivity contribution >= 4 is 23.2 Å². The molecule has 3 rings (SSSR count). The Kier molecular flexibility index (Phi) is 8.09. The predicted molar refractivity (Wildman–Crippen MR) is 115 cm³/mol. The fourth-order valence-corrected chi connectivity index (χ4v) is 4.77. The SMILES string of the molecule is CN=C(NCCc1ncc(C)s1)NCCN1CCN(C(=O)C2CCCC2)CC1. The fraction of sp³-hybridized carbons (Fsp3) is 0.750. The summed E-state index contributed by atoms with van der Waals surface area (Å²) in [5.74, 6) is 1.54. The summed E-state index contributed by atoms with van der Waals surface area (Å²) >= 11 is 1.75. The van der Waals surface area contributed by atoms with Gasteiger partial charge in [-0.1, -0.05) is 12.8 Å². The molecule has 7 nitrogen and oxygen atoms in total. The number of thiazole rings is 1. The van der Waals surface area contributed by atoms with Crippen LogP contribution in [0.25, 0.3) is 0 Å². The van der Waals surface area contributed by atoms with E-state index in [1.54, 1.807) is 18.4 Å². The summed E-state index contributed by atoms with van der Waals surface area (Å²) in [6, 6.07) is 0. The molecule has 0 radical (unpaired) electrons. The molecule has 1 aliphatic carbocycles. The number of aryl methyl sites for hydroxylation is 1. The zero-order valence-corrected chi connectivity index (χ0v) is 18.1. The van der Waals surface area contributed by atoms with E-state index in [1.807, 2.05) is 6.20 Å².